The van der Waals surface area contributed by atoms with Crippen LogP contribution in [0.3, 0.4) is 0 Å². The van der Waals surface area contributed by atoms with E-state index in [1.165, 1.54) is 18.4 Å². The molecule has 0 aromatic heterocycles. The Kier molecular flexibility index (Phi) is 5.75. The summed E-state index contributed by atoms with van der Waals surface area (Å²) in [4.78, 5) is 41.2. The molecule has 0 bridgehead atoms. The van der Waals surface area contributed by atoms with Gasteiger partial charge in [-0.05, 0) is 66.4 Å². The molecule has 0 spiro atoms. The predicted octanol–water partition coefficient (Wildman–Crippen LogP) is 3.52. The third-order valence-electron chi connectivity index (χ3n) is 5.62. The smallest absolute Gasteiger partial charge is 0.335 e. The maximum absolute atomic E-state index is 13.0. The Labute approximate surface area is 181 Å². The molecule has 0 saturated carbocycles. The Bertz CT molecular complexity index is 1060. The predicted molar refractivity (Wildman–Crippen MR) is 119 cm³/mol. The fourth-order valence-electron chi connectivity index (χ4n) is 3.95. The van der Waals surface area contributed by atoms with Crippen molar-refractivity contribution in [2.45, 2.75) is 26.2 Å². The van der Waals surface area contributed by atoms with Gasteiger partial charge in [-0.25, -0.2) is 9.69 Å². The van der Waals surface area contributed by atoms with Crippen LogP contribution in [0.2, 0.25) is 0 Å². The molecular weight excluding hydrogens is 394 g/mol. The number of benzene rings is 2. The summed E-state index contributed by atoms with van der Waals surface area (Å²) in [5.74, 6) is -0.736. The van der Waals surface area contributed by atoms with Gasteiger partial charge < -0.3 is 9.64 Å². The second-order valence-electron chi connectivity index (χ2n) is 7.63. The molecule has 2 heterocycles. The van der Waals surface area contributed by atoms with Crippen molar-refractivity contribution in [2.75, 3.05) is 30.0 Å². The van der Waals surface area contributed by atoms with Crippen molar-refractivity contribution < 1.29 is 19.1 Å². The van der Waals surface area contributed by atoms with Crippen molar-refractivity contribution in [3.05, 3.63) is 59.2 Å². The molecule has 1 N–H and O–H groups in total. The fourth-order valence-corrected chi connectivity index (χ4v) is 3.95. The maximum atomic E-state index is 13.0. The van der Waals surface area contributed by atoms with E-state index in [1.807, 2.05) is 18.2 Å². The summed E-state index contributed by atoms with van der Waals surface area (Å²) in [5, 5.41) is 2.26. The normalized spacial score (nSPS) is 17.2. The average molecular weight is 419 g/mol. The summed E-state index contributed by atoms with van der Waals surface area (Å²) in [7, 11) is 1.53. The van der Waals surface area contributed by atoms with E-state index in [4.69, 9.17) is 4.74 Å². The van der Waals surface area contributed by atoms with Gasteiger partial charge in [0.15, 0.2) is 0 Å². The number of nitrogens with one attached hydrogen (secondary N) is 1. The van der Waals surface area contributed by atoms with Crippen molar-refractivity contribution in [3.63, 3.8) is 0 Å². The van der Waals surface area contributed by atoms with E-state index >= 15 is 0 Å². The van der Waals surface area contributed by atoms with Crippen LogP contribution in [0, 0.1) is 0 Å². The van der Waals surface area contributed by atoms with Crippen molar-refractivity contribution in [1.29, 1.82) is 0 Å². The lowest BCUT2D eigenvalue weighted by Gasteiger charge is -2.26. The van der Waals surface area contributed by atoms with E-state index in [9.17, 15) is 14.4 Å². The topological polar surface area (TPSA) is 79.0 Å². The average Bonchev–Trinajstić information content (AvgIpc) is 3.17. The SMILES string of the molecule is CCCCN1CCc2cc(C=C3C(=O)NC(=O)N(c4ccc(OC)cc4)C3=O)ccc21. The van der Waals surface area contributed by atoms with Crippen LogP contribution < -0.4 is 19.9 Å². The van der Waals surface area contributed by atoms with E-state index in [-0.39, 0.29) is 5.57 Å². The Morgan fingerprint density at radius 1 is 1.10 bits per heavy atom. The van der Waals surface area contributed by atoms with Crippen LogP contribution in [0.15, 0.2) is 48.0 Å². The number of anilines is 2. The molecule has 7 heteroatoms. The van der Waals surface area contributed by atoms with Crippen LogP contribution in [0.5, 0.6) is 5.75 Å². The van der Waals surface area contributed by atoms with Crippen LogP contribution in [0.4, 0.5) is 16.2 Å². The minimum atomic E-state index is -0.766. The summed E-state index contributed by atoms with van der Waals surface area (Å²) in [6, 6.07) is 11.7. The number of unbranched alkanes of at least 4 members (excludes halogenated alkanes) is 1. The van der Waals surface area contributed by atoms with E-state index < -0.39 is 17.8 Å². The molecule has 4 amide bonds. The highest BCUT2D eigenvalue weighted by atomic mass is 16.5. The van der Waals surface area contributed by atoms with Crippen LogP contribution in [-0.2, 0) is 16.0 Å². The van der Waals surface area contributed by atoms with Gasteiger partial charge in [0.05, 0.1) is 12.8 Å². The molecule has 1 saturated heterocycles. The van der Waals surface area contributed by atoms with Crippen molar-refractivity contribution in [3.8, 4) is 5.75 Å². The quantitative estimate of drug-likeness (QED) is 0.573. The van der Waals surface area contributed by atoms with Crippen molar-refractivity contribution in [1.82, 2.24) is 5.32 Å². The van der Waals surface area contributed by atoms with E-state index in [2.05, 4.69) is 17.1 Å². The first-order valence-electron chi connectivity index (χ1n) is 10.4. The number of carbonyl (C=O) groups excluding carboxylic acids is 3. The highest BCUT2D eigenvalue weighted by Gasteiger charge is 2.36. The summed E-state index contributed by atoms with van der Waals surface area (Å²) >= 11 is 0. The van der Waals surface area contributed by atoms with E-state index in [1.54, 1.807) is 30.3 Å². The van der Waals surface area contributed by atoms with Gasteiger partial charge in [0.1, 0.15) is 11.3 Å². The molecule has 1 fully saturated rings. The van der Waals surface area contributed by atoms with Gasteiger partial charge >= 0.3 is 6.03 Å². The Balaban J connectivity index is 1.61. The molecular formula is C24H25N3O4. The highest BCUT2D eigenvalue weighted by molar-refractivity contribution is 6.39. The van der Waals surface area contributed by atoms with Gasteiger partial charge in [0.2, 0.25) is 0 Å². The summed E-state index contributed by atoms with van der Waals surface area (Å²) in [6.45, 7) is 4.19. The van der Waals surface area contributed by atoms with Gasteiger partial charge in [-0.2, -0.15) is 0 Å². The number of barbiturate groups is 1. The molecule has 31 heavy (non-hydrogen) atoms. The lowest BCUT2D eigenvalue weighted by Crippen LogP contribution is -2.54. The zero-order valence-electron chi connectivity index (χ0n) is 17.7. The number of hydrogen-bond donors (Lipinski definition) is 1. The number of ether oxygens (including phenoxy) is 1. The van der Waals surface area contributed by atoms with Crippen molar-refractivity contribution in [2.24, 2.45) is 0 Å². The number of methoxy groups -OCH3 is 1. The summed E-state index contributed by atoms with van der Waals surface area (Å²) < 4.78 is 5.12. The number of nitrogens with zero attached hydrogens (tertiary/aromatic N) is 2. The third-order valence-corrected chi connectivity index (χ3v) is 5.62. The van der Waals surface area contributed by atoms with E-state index in [0.29, 0.717) is 11.4 Å². The zero-order chi connectivity index (χ0) is 22.0. The Morgan fingerprint density at radius 3 is 2.58 bits per heavy atom. The number of hydrogen-bond acceptors (Lipinski definition) is 5. The van der Waals surface area contributed by atoms with E-state index in [0.717, 1.165) is 42.8 Å². The second kappa shape index (κ2) is 8.63. The van der Waals surface area contributed by atoms with Crippen LogP contribution in [-0.4, -0.2) is 38.0 Å². The number of urea groups is 1. The third kappa shape index (κ3) is 4.03. The molecule has 0 unspecified atom stereocenters. The molecule has 0 radical (unpaired) electrons. The molecule has 2 aliphatic rings. The number of imide groups is 2. The number of fused-ring (bicyclic) bond motifs is 1. The first-order valence-corrected chi connectivity index (χ1v) is 10.4. The van der Waals surface area contributed by atoms with Gasteiger partial charge in [-0.1, -0.05) is 19.4 Å². The Hall–Kier alpha value is -3.61. The lowest BCUT2D eigenvalue weighted by molar-refractivity contribution is -0.122. The number of rotatable bonds is 6. The standard InChI is InChI=1S/C24H25N3O4/c1-3-4-12-26-13-11-17-14-16(5-10-21(17)26)15-20-22(28)25-24(30)27(23(20)29)18-6-8-19(31-2)9-7-18/h5-10,14-15H,3-4,11-13H2,1-2H3,(H,25,28,30). The fraction of sp³-hybridized carbons (Fsp3) is 0.292. The maximum Gasteiger partial charge on any atom is 0.335 e. The first-order chi connectivity index (χ1) is 15.0. The minimum absolute atomic E-state index is 0.0730. The van der Waals surface area contributed by atoms with Crippen LogP contribution >= 0.6 is 0 Å². The lowest BCUT2D eigenvalue weighted by atomic mass is 10.0. The molecule has 160 valence electrons. The summed E-state index contributed by atoms with van der Waals surface area (Å²) in [6.07, 6.45) is 4.79. The molecule has 2 aromatic carbocycles. The molecule has 0 aliphatic carbocycles. The van der Waals surface area contributed by atoms with Crippen LogP contribution in [0.1, 0.15) is 30.9 Å². The summed E-state index contributed by atoms with van der Waals surface area (Å²) in [5.41, 5.74) is 3.47. The van der Waals surface area contributed by atoms with Gasteiger partial charge in [-0.15, -0.1) is 0 Å². The molecule has 2 aromatic rings. The van der Waals surface area contributed by atoms with Crippen molar-refractivity contribution >= 4 is 35.3 Å². The molecule has 7 nitrogen and oxygen atoms in total. The van der Waals surface area contributed by atoms with Gasteiger partial charge in [-0.3, -0.25) is 14.9 Å². The van der Waals surface area contributed by atoms with Gasteiger partial charge in [0, 0.05) is 18.8 Å². The van der Waals surface area contributed by atoms with Crippen LogP contribution in [0.25, 0.3) is 6.08 Å². The first kappa shape index (κ1) is 20.7. The highest BCUT2D eigenvalue weighted by Crippen LogP contribution is 2.30. The monoisotopic (exact) mass is 419 g/mol. The molecule has 4 rings (SSSR count). The largest absolute Gasteiger partial charge is 0.497 e. The van der Waals surface area contributed by atoms with Gasteiger partial charge in [0.25, 0.3) is 11.8 Å². The number of carbonyl (C=O) groups is 3. The Morgan fingerprint density at radius 2 is 1.87 bits per heavy atom. The minimum Gasteiger partial charge on any atom is -0.497 e. The number of amides is 4. The second-order valence-corrected chi connectivity index (χ2v) is 7.63. The molecule has 0 atom stereocenters. The zero-order valence-corrected chi connectivity index (χ0v) is 17.7. The molecule has 2 aliphatic heterocycles.